The number of nitrogens with zero attached hydrogens (tertiary/aromatic N) is 2. The van der Waals surface area contributed by atoms with Crippen LogP contribution in [0.25, 0.3) is 0 Å². The topological polar surface area (TPSA) is 45.2 Å². The van der Waals surface area contributed by atoms with Gasteiger partial charge in [0.25, 0.3) is 0 Å². The second-order valence-electron chi connectivity index (χ2n) is 4.57. The second kappa shape index (κ2) is 5.71. The molecule has 1 N–H and O–H groups in total. The van der Waals surface area contributed by atoms with Crippen molar-refractivity contribution >= 4 is 33.7 Å². The lowest BCUT2D eigenvalue weighted by molar-refractivity contribution is -0.120. The van der Waals surface area contributed by atoms with Crippen LogP contribution in [-0.2, 0) is 11.2 Å². The minimum Gasteiger partial charge on any atom is -0.351 e. The third kappa shape index (κ3) is 3.13. The molecule has 0 saturated carbocycles. The number of carbonyl (C=O) groups excluding carboxylic acids is 1. The van der Waals surface area contributed by atoms with Gasteiger partial charge in [0.1, 0.15) is 0 Å². The summed E-state index contributed by atoms with van der Waals surface area (Å²) < 4.78 is 0. The predicted octanol–water partition coefficient (Wildman–Crippen LogP) is 2.14. The Morgan fingerprint density at radius 3 is 3.16 bits per heavy atom. The zero-order chi connectivity index (χ0) is 13.1. The second-order valence-corrected chi connectivity index (χ2v) is 6.48. The monoisotopic (exact) mass is 293 g/mol. The van der Waals surface area contributed by atoms with Crippen molar-refractivity contribution in [2.45, 2.75) is 18.9 Å². The highest BCUT2D eigenvalue weighted by Gasteiger charge is 2.25. The third-order valence-corrected chi connectivity index (χ3v) is 4.87. The first kappa shape index (κ1) is 12.6. The number of thiazole rings is 1. The highest BCUT2D eigenvalue weighted by molar-refractivity contribution is 7.13. The Morgan fingerprint density at radius 2 is 2.42 bits per heavy atom. The third-order valence-electron chi connectivity index (χ3n) is 3.16. The summed E-state index contributed by atoms with van der Waals surface area (Å²) in [5.41, 5.74) is 0. The number of amides is 1. The molecule has 19 heavy (non-hydrogen) atoms. The maximum Gasteiger partial charge on any atom is 0.225 e. The standard InChI is InChI=1S/C13H15N3OS2/c17-12(8-11-2-1-6-18-11)15-10-3-5-16(9-10)13-14-4-7-19-13/h1-2,4,6-7,10H,3,5,8-9H2,(H,15,17). The minimum atomic E-state index is 0.119. The number of hydrogen-bond acceptors (Lipinski definition) is 5. The minimum absolute atomic E-state index is 0.119. The largest absolute Gasteiger partial charge is 0.351 e. The lowest BCUT2D eigenvalue weighted by Crippen LogP contribution is -2.37. The SMILES string of the molecule is O=C(Cc1cccs1)NC1CCN(c2nccs2)C1. The van der Waals surface area contributed by atoms with Gasteiger partial charge in [0.2, 0.25) is 5.91 Å². The van der Waals surface area contributed by atoms with Crippen molar-refractivity contribution in [2.75, 3.05) is 18.0 Å². The molecule has 0 aromatic carbocycles. The summed E-state index contributed by atoms with van der Waals surface area (Å²) in [6.07, 6.45) is 3.31. The van der Waals surface area contributed by atoms with Crippen LogP contribution in [0.5, 0.6) is 0 Å². The van der Waals surface area contributed by atoms with Gasteiger partial charge in [-0.1, -0.05) is 6.07 Å². The molecule has 2 aromatic rings. The number of thiophene rings is 1. The fourth-order valence-corrected chi connectivity index (χ4v) is 3.66. The number of aromatic nitrogens is 1. The smallest absolute Gasteiger partial charge is 0.225 e. The van der Waals surface area contributed by atoms with Crippen LogP contribution in [-0.4, -0.2) is 30.0 Å². The molecule has 1 saturated heterocycles. The van der Waals surface area contributed by atoms with E-state index in [0.717, 1.165) is 29.5 Å². The number of carbonyl (C=O) groups is 1. The van der Waals surface area contributed by atoms with Gasteiger partial charge in [0.15, 0.2) is 5.13 Å². The van der Waals surface area contributed by atoms with Crippen LogP contribution >= 0.6 is 22.7 Å². The van der Waals surface area contributed by atoms with Gasteiger partial charge in [-0.25, -0.2) is 4.98 Å². The summed E-state index contributed by atoms with van der Waals surface area (Å²) in [6.45, 7) is 1.83. The van der Waals surface area contributed by atoms with Crippen LogP contribution in [0.1, 0.15) is 11.3 Å². The fraction of sp³-hybridized carbons (Fsp3) is 0.385. The van der Waals surface area contributed by atoms with Crippen molar-refractivity contribution in [2.24, 2.45) is 0 Å². The zero-order valence-corrected chi connectivity index (χ0v) is 12.0. The Balaban J connectivity index is 1.50. The Morgan fingerprint density at radius 1 is 1.47 bits per heavy atom. The van der Waals surface area contributed by atoms with Crippen LogP contribution in [0.4, 0.5) is 5.13 Å². The van der Waals surface area contributed by atoms with Gasteiger partial charge in [-0.05, 0) is 17.9 Å². The molecule has 1 aliphatic heterocycles. The fourth-order valence-electron chi connectivity index (χ4n) is 2.27. The van der Waals surface area contributed by atoms with E-state index in [-0.39, 0.29) is 11.9 Å². The molecule has 1 unspecified atom stereocenters. The molecular weight excluding hydrogens is 278 g/mol. The molecule has 2 aromatic heterocycles. The van der Waals surface area contributed by atoms with Gasteiger partial charge >= 0.3 is 0 Å². The average Bonchev–Trinajstić information content (AvgIpc) is 3.09. The van der Waals surface area contributed by atoms with Crippen LogP contribution < -0.4 is 10.2 Å². The first-order valence-corrected chi connectivity index (χ1v) is 8.03. The molecule has 3 rings (SSSR count). The van der Waals surface area contributed by atoms with E-state index in [1.54, 1.807) is 22.7 Å². The van der Waals surface area contributed by atoms with Gasteiger partial charge in [-0.3, -0.25) is 4.79 Å². The van der Waals surface area contributed by atoms with E-state index in [0.29, 0.717) is 6.42 Å². The van der Waals surface area contributed by atoms with Crippen molar-refractivity contribution in [3.8, 4) is 0 Å². The number of rotatable bonds is 4. The first-order valence-electron chi connectivity index (χ1n) is 6.27. The molecule has 100 valence electrons. The molecular formula is C13H15N3OS2. The lowest BCUT2D eigenvalue weighted by Gasteiger charge is -2.15. The van der Waals surface area contributed by atoms with Crippen LogP contribution in [0.15, 0.2) is 29.1 Å². The molecule has 3 heterocycles. The maximum absolute atomic E-state index is 11.9. The summed E-state index contributed by atoms with van der Waals surface area (Å²) in [4.78, 5) is 19.6. The molecule has 1 atom stereocenters. The number of nitrogens with one attached hydrogen (secondary N) is 1. The molecule has 0 bridgehead atoms. The van der Waals surface area contributed by atoms with E-state index in [2.05, 4.69) is 15.2 Å². The quantitative estimate of drug-likeness (QED) is 0.939. The molecule has 0 radical (unpaired) electrons. The maximum atomic E-state index is 11.9. The Kier molecular flexibility index (Phi) is 3.79. The molecule has 0 aliphatic carbocycles. The Bertz CT molecular complexity index is 524. The highest BCUT2D eigenvalue weighted by atomic mass is 32.1. The van der Waals surface area contributed by atoms with Gasteiger partial charge in [0, 0.05) is 35.6 Å². The van der Waals surface area contributed by atoms with Crippen molar-refractivity contribution in [1.29, 1.82) is 0 Å². The number of hydrogen-bond donors (Lipinski definition) is 1. The van der Waals surface area contributed by atoms with Gasteiger partial charge in [-0.2, -0.15) is 0 Å². The zero-order valence-electron chi connectivity index (χ0n) is 10.4. The summed E-state index contributed by atoms with van der Waals surface area (Å²) in [5, 5.41) is 8.15. The first-order chi connectivity index (χ1) is 9.31. The molecule has 1 amide bonds. The summed E-state index contributed by atoms with van der Waals surface area (Å²) >= 11 is 3.28. The van der Waals surface area contributed by atoms with Gasteiger partial charge < -0.3 is 10.2 Å². The van der Waals surface area contributed by atoms with Gasteiger partial charge in [0.05, 0.1) is 6.42 Å². The van der Waals surface area contributed by atoms with E-state index in [1.165, 1.54) is 0 Å². The van der Waals surface area contributed by atoms with Crippen molar-refractivity contribution < 1.29 is 4.79 Å². The van der Waals surface area contributed by atoms with E-state index in [4.69, 9.17) is 0 Å². The molecule has 1 fully saturated rings. The van der Waals surface area contributed by atoms with Crippen molar-refractivity contribution in [1.82, 2.24) is 10.3 Å². The lowest BCUT2D eigenvalue weighted by atomic mass is 10.2. The van der Waals surface area contributed by atoms with E-state index in [9.17, 15) is 4.79 Å². The molecule has 0 spiro atoms. The highest BCUT2D eigenvalue weighted by Crippen LogP contribution is 2.22. The van der Waals surface area contributed by atoms with Crippen LogP contribution in [0.3, 0.4) is 0 Å². The van der Waals surface area contributed by atoms with E-state index >= 15 is 0 Å². The summed E-state index contributed by atoms with van der Waals surface area (Å²) in [5.74, 6) is 0.119. The van der Waals surface area contributed by atoms with Gasteiger partial charge in [-0.15, -0.1) is 22.7 Å². The molecule has 4 nitrogen and oxygen atoms in total. The molecule has 6 heteroatoms. The van der Waals surface area contributed by atoms with E-state index in [1.807, 2.05) is 29.1 Å². The summed E-state index contributed by atoms with van der Waals surface area (Å²) in [6, 6.07) is 4.23. The van der Waals surface area contributed by atoms with Crippen molar-refractivity contribution in [3.05, 3.63) is 34.0 Å². The van der Waals surface area contributed by atoms with Crippen LogP contribution in [0, 0.1) is 0 Å². The van der Waals surface area contributed by atoms with Crippen molar-refractivity contribution in [3.63, 3.8) is 0 Å². The number of anilines is 1. The summed E-state index contributed by atoms with van der Waals surface area (Å²) in [7, 11) is 0. The predicted molar refractivity (Wildman–Crippen MR) is 78.9 cm³/mol. The van der Waals surface area contributed by atoms with E-state index < -0.39 is 0 Å². The van der Waals surface area contributed by atoms with Crippen LogP contribution in [0.2, 0.25) is 0 Å². The average molecular weight is 293 g/mol. The Hall–Kier alpha value is -1.40. The Labute approximate surface area is 120 Å². The molecule has 1 aliphatic rings. The normalized spacial score (nSPS) is 18.7.